The number of aryl methyl sites for hydroxylation is 1. The highest BCUT2D eigenvalue weighted by Crippen LogP contribution is 2.20. The number of likely N-dealkylation sites (tertiary alicyclic amines) is 1. The molecule has 1 aliphatic rings. The largest absolute Gasteiger partial charge is 0.381 e. The molecule has 98 valence electrons. The second-order valence-corrected chi connectivity index (χ2v) is 5.10. The lowest BCUT2D eigenvalue weighted by Crippen LogP contribution is -2.40. The van der Waals surface area contributed by atoms with Gasteiger partial charge in [-0.2, -0.15) is 0 Å². The van der Waals surface area contributed by atoms with Crippen LogP contribution >= 0.6 is 11.6 Å². The van der Waals surface area contributed by atoms with E-state index in [-0.39, 0.29) is 5.91 Å². The highest BCUT2D eigenvalue weighted by molar-refractivity contribution is 6.31. The van der Waals surface area contributed by atoms with Gasteiger partial charge in [0.25, 0.3) is 5.91 Å². The number of carbonyl (C=O) groups is 1. The molecular formula is C14H18ClNO2. The second kappa shape index (κ2) is 5.72. The number of rotatable bonds is 2. The highest BCUT2D eigenvalue weighted by Gasteiger charge is 2.23. The third kappa shape index (κ3) is 2.85. The molecule has 1 aliphatic heterocycles. The van der Waals surface area contributed by atoms with Crippen LogP contribution in [-0.2, 0) is 4.74 Å². The maximum atomic E-state index is 12.3. The molecule has 1 aromatic rings. The molecule has 2 rings (SSSR count). The van der Waals surface area contributed by atoms with Gasteiger partial charge in [0.1, 0.15) is 0 Å². The van der Waals surface area contributed by atoms with E-state index < -0.39 is 0 Å². The van der Waals surface area contributed by atoms with Crippen molar-refractivity contribution in [3.05, 3.63) is 34.3 Å². The lowest BCUT2D eigenvalue weighted by atomic mass is 10.1. The van der Waals surface area contributed by atoms with Crippen molar-refractivity contribution in [3.8, 4) is 0 Å². The molecule has 0 atom stereocenters. The molecule has 4 heteroatoms. The van der Waals surface area contributed by atoms with Crippen molar-refractivity contribution in [3.63, 3.8) is 0 Å². The average molecular weight is 268 g/mol. The number of halogens is 1. The van der Waals surface area contributed by atoms with Crippen molar-refractivity contribution in [1.82, 2.24) is 4.90 Å². The first kappa shape index (κ1) is 13.4. The summed E-state index contributed by atoms with van der Waals surface area (Å²) < 4.78 is 5.30. The maximum absolute atomic E-state index is 12.3. The number of ether oxygens (including phenoxy) is 1. The van der Waals surface area contributed by atoms with Crippen LogP contribution in [0, 0.1) is 6.92 Å². The fraction of sp³-hybridized carbons (Fsp3) is 0.500. The molecule has 3 nitrogen and oxygen atoms in total. The van der Waals surface area contributed by atoms with Crippen molar-refractivity contribution in [2.45, 2.75) is 25.9 Å². The average Bonchev–Trinajstić information content (AvgIpc) is 2.41. The quantitative estimate of drug-likeness (QED) is 0.825. The standard InChI is InChI=1S/C14H18ClNO2/c1-10-9-11(3-4-13(10)15)14(17)16-7-5-12(18-2)6-8-16/h3-4,9,12H,5-8H2,1-2H3. The third-order valence-corrected chi connectivity index (χ3v) is 3.89. The smallest absolute Gasteiger partial charge is 0.253 e. The van der Waals surface area contributed by atoms with Gasteiger partial charge in [-0.1, -0.05) is 11.6 Å². The molecule has 0 radical (unpaired) electrons. The molecule has 0 spiro atoms. The number of hydrogen-bond acceptors (Lipinski definition) is 2. The molecule has 1 aromatic carbocycles. The summed E-state index contributed by atoms with van der Waals surface area (Å²) in [5.41, 5.74) is 1.65. The summed E-state index contributed by atoms with van der Waals surface area (Å²) in [6, 6.07) is 5.43. The first-order valence-corrected chi connectivity index (χ1v) is 6.58. The molecule has 1 saturated heterocycles. The van der Waals surface area contributed by atoms with Gasteiger partial charge in [-0.15, -0.1) is 0 Å². The van der Waals surface area contributed by atoms with E-state index in [0.29, 0.717) is 16.7 Å². The Morgan fingerprint density at radius 2 is 2.06 bits per heavy atom. The van der Waals surface area contributed by atoms with Gasteiger partial charge in [0.2, 0.25) is 0 Å². The van der Waals surface area contributed by atoms with Crippen LogP contribution < -0.4 is 0 Å². The number of hydrogen-bond donors (Lipinski definition) is 0. The lowest BCUT2D eigenvalue weighted by molar-refractivity contribution is 0.0351. The third-order valence-electron chi connectivity index (χ3n) is 3.47. The first-order valence-electron chi connectivity index (χ1n) is 6.20. The van der Waals surface area contributed by atoms with Gasteiger partial charge >= 0.3 is 0 Å². The molecule has 0 saturated carbocycles. The topological polar surface area (TPSA) is 29.5 Å². The van der Waals surface area contributed by atoms with Crippen LogP contribution in [0.25, 0.3) is 0 Å². The molecule has 0 N–H and O–H groups in total. The number of nitrogens with zero attached hydrogens (tertiary/aromatic N) is 1. The minimum Gasteiger partial charge on any atom is -0.381 e. The Morgan fingerprint density at radius 1 is 1.39 bits per heavy atom. The number of carbonyl (C=O) groups excluding carboxylic acids is 1. The van der Waals surface area contributed by atoms with Gasteiger partial charge in [-0.05, 0) is 43.5 Å². The molecule has 18 heavy (non-hydrogen) atoms. The van der Waals surface area contributed by atoms with Crippen LogP contribution in [0.1, 0.15) is 28.8 Å². The van der Waals surface area contributed by atoms with Crippen LogP contribution in [0.3, 0.4) is 0 Å². The van der Waals surface area contributed by atoms with Gasteiger partial charge in [0.15, 0.2) is 0 Å². The fourth-order valence-corrected chi connectivity index (χ4v) is 2.37. The van der Waals surface area contributed by atoms with Crippen molar-refractivity contribution in [1.29, 1.82) is 0 Å². The van der Waals surface area contributed by atoms with Gasteiger partial charge < -0.3 is 9.64 Å². The summed E-state index contributed by atoms with van der Waals surface area (Å²) in [5.74, 6) is 0.0873. The highest BCUT2D eigenvalue weighted by atomic mass is 35.5. The summed E-state index contributed by atoms with van der Waals surface area (Å²) in [7, 11) is 1.73. The van der Waals surface area contributed by atoms with Crippen LogP contribution in [-0.4, -0.2) is 37.1 Å². The molecule has 1 heterocycles. The maximum Gasteiger partial charge on any atom is 0.253 e. The molecule has 0 bridgehead atoms. The Labute approximate surface area is 113 Å². The summed E-state index contributed by atoms with van der Waals surface area (Å²) in [6.07, 6.45) is 2.12. The normalized spacial score (nSPS) is 16.9. The van der Waals surface area contributed by atoms with Crippen molar-refractivity contribution < 1.29 is 9.53 Å². The SMILES string of the molecule is COC1CCN(C(=O)c2ccc(Cl)c(C)c2)CC1. The molecule has 0 aliphatic carbocycles. The minimum absolute atomic E-state index is 0.0873. The molecular weight excluding hydrogens is 250 g/mol. The first-order chi connectivity index (χ1) is 8.61. The summed E-state index contributed by atoms with van der Waals surface area (Å²) in [6.45, 7) is 3.44. The van der Waals surface area contributed by atoms with Crippen molar-refractivity contribution in [2.24, 2.45) is 0 Å². The predicted molar refractivity (Wildman–Crippen MR) is 72.1 cm³/mol. The zero-order valence-electron chi connectivity index (χ0n) is 10.8. The molecule has 0 unspecified atom stereocenters. The van der Waals surface area contributed by atoms with E-state index in [0.717, 1.165) is 31.5 Å². The van der Waals surface area contributed by atoms with Crippen molar-refractivity contribution in [2.75, 3.05) is 20.2 Å². The Morgan fingerprint density at radius 3 is 2.61 bits per heavy atom. The Bertz CT molecular complexity index is 439. The minimum atomic E-state index is 0.0873. The number of methoxy groups -OCH3 is 1. The van der Waals surface area contributed by atoms with Gasteiger partial charge in [-0.3, -0.25) is 4.79 Å². The van der Waals surface area contributed by atoms with Crippen LogP contribution in [0.2, 0.25) is 5.02 Å². The zero-order chi connectivity index (χ0) is 13.1. The van der Waals surface area contributed by atoms with E-state index in [1.54, 1.807) is 19.2 Å². The molecule has 0 aromatic heterocycles. The zero-order valence-corrected chi connectivity index (χ0v) is 11.5. The van der Waals surface area contributed by atoms with Crippen LogP contribution in [0.5, 0.6) is 0 Å². The number of piperidine rings is 1. The summed E-state index contributed by atoms with van der Waals surface area (Å²) in [5, 5.41) is 0.699. The summed E-state index contributed by atoms with van der Waals surface area (Å²) in [4.78, 5) is 14.2. The van der Waals surface area contributed by atoms with E-state index in [4.69, 9.17) is 16.3 Å². The summed E-state index contributed by atoms with van der Waals surface area (Å²) >= 11 is 5.97. The Kier molecular flexibility index (Phi) is 4.25. The van der Waals surface area contributed by atoms with E-state index in [1.807, 2.05) is 17.9 Å². The monoisotopic (exact) mass is 267 g/mol. The lowest BCUT2D eigenvalue weighted by Gasteiger charge is -2.31. The Hall–Kier alpha value is -1.06. The van der Waals surface area contributed by atoms with Crippen LogP contribution in [0.4, 0.5) is 0 Å². The van der Waals surface area contributed by atoms with E-state index in [1.165, 1.54) is 0 Å². The van der Waals surface area contributed by atoms with Gasteiger partial charge in [0, 0.05) is 30.8 Å². The number of amides is 1. The van der Waals surface area contributed by atoms with Crippen molar-refractivity contribution >= 4 is 17.5 Å². The number of benzene rings is 1. The molecule has 1 amide bonds. The predicted octanol–water partition coefficient (Wildman–Crippen LogP) is 2.90. The Balaban J connectivity index is 2.05. The fourth-order valence-electron chi connectivity index (χ4n) is 2.25. The van der Waals surface area contributed by atoms with Gasteiger partial charge in [0.05, 0.1) is 6.10 Å². The molecule has 1 fully saturated rings. The second-order valence-electron chi connectivity index (χ2n) is 4.69. The van der Waals surface area contributed by atoms with E-state index in [9.17, 15) is 4.79 Å². The van der Waals surface area contributed by atoms with Crippen LogP contribution in [0.15, 0.2) is 18.2 Å². The van der Waals surface area contributed by atoms with E-state index >= 15 is 0 Å². The van der Waals surface area contributed by atoms with Gasteiger partial charge in [-0.25, -0.2) is 0 Å². The van der Waals surface area contributed by atoms with E-state index in [2.05, 4.69) is 0 Å².